The van der Waals surface area contributed by atoms with Crippen molar-refractivity contribution in [3.63, 3.8) is 0 Å². The summed E-state index contributed by atoms with van der Waals surface area (Å²) in [4.78, 5) is 40.2. The van der Waals surface area contributed by atoms with Crippen molar-refractivity contribution in [2.45, 2.75) is 38.5 Å². The number of carbonyl (C=O) groups is 3. The Kier molecular flexibility index (Phi) is 9.38. The van der Waals surface area contributed by atoms with E-state index >= 15 is 0 Å². The molecule has 0 radical (unpaired) electrons. The van der Waals surface area contributed by atoms with Crippen LogP contribution in [0.3, 0.4) is 0 Å². The van der Waals surface area contributed by atoms with Crippen molar-refractivity contribution in [2.75, 3.05) is 20.7 Å². The monoisotopic (exact) mass is 334 g/mol. The highest BCUT2D eigenvalue weighted by Gasteiger charge is 2.18. The van der Waals surface area contributed by atoms with Gasteiger partial charge in [0.2, 0.25) is 5.91 Å². The van der Waals surface area contributed by atoms with Gasteiger partial charge in [-0.2, -0.15) is 0 Å². The van der Waals surface area contributed by atoms with Crippen LogP contribution in [0, 0.1) is 0 Å². The van der Waals surface area contributed by atoms with E-state index in [2.05, 4.69) is 0 Å². The van der Waals surface area contributed by atoms with Gasteiger partial charge < -0.3 is 9.69 Å². The van der Waals surface area contributed by atoms with Crippen molar-refractivity contribution >= 4 is 18.1 Å². The average Bonchev–Trinajstić information content (AvgIpc) is 2.93. The van der Waals surface area contributed by atoms with Crippen LogP contribution in [0.15, 0.2) is 36.1 Å². The lowest BCUT2D eigenvalue weighted by Crippen LogP contribution is -2.25. The summed E-state index contributed by atoms with van der Waals surface area (Å²) in [7, 11) is 3.03. The number of carbonyl (C=O) groups excluding carboxylic acids is 3. The van der Waals surface area contributed by atoms with E-state index in [0.29, 0.717) is 25.8 Å². The maximum absolute atomic E-state index is 11.8. The standard InChI is InChI=1S/C18H26N2O4/c1-19(24-2)17(22)11-7-5-6-10-16-12-13-18(23)20(16)14-8-3-4-9-15-21/h5-6,10,12-13,15H,3-4,7-9,11,14H2,1-2H3/b6-5+,16-10-. The average molecular weight is 334 g/mol. The summed E-state index contributed by atoms with van der Waals surface area (Å²) in [5, 5.41) is 1.21. The van der Waals surface area contributed by atoms with Gasteiger partial charge >= 0.3 is 0 Å². The summed E-state index contributed by atoms with van der Waals surface area (Å²) in [5.41, 5.74) is 0.854. The Hall–Kier alpha value is -2.21. The van der Waals surface area contributed by atoms with Crippen molar-refractivity contribution in [3.05, 3.63) is 36.1 Å². The number of hydroxylamine groups is 2. The molecule has 0 N–H and O–H groups in total. The minimum Gasteiger partial charge on any atom is -0.309 e. The quantitative estimate of drug-likeness (QED) is 0.330. The van der Waals surface area contributed by atoms with Gasteiger partial charge in [0.05, 0.1) is 7.11 Å². The number of rotatable bonds is 11. The second-order valence-corrected chi connectivity index (χ2v) is 5.47. The molecule has 1 aliphatic heterocycles. The van der Waals surface area contributed by atoms with Crippen LogP contribution in [0.5, 0.6) is 0 Å². The topological polar surface area (TPSA) is 66.9 Å². The van der Waals surface area contributed by atoms with E-state index in [1.807, 2.05) is 18.2 Å². The number of unbranched alkanes of at least 4 members (excludes halogenated alkanes) is 3. The molecule has 1 rings (SSSR count). The van der Waals surface area contributed by atoms with E-state index in [-0.39, 0.29) is 11.8 Å². The predicted molar refractivity (Wildman–Crippen MR) is 91.6 cm³/mol. The first-order valence-electron chi connectivity index (χ1n) is 8.21. The summed E-state index contributed by atoms with van der Waals surface area (Å²) in [6.07, 6.45) is 14.1. The Labute approximate surface area is 143 Å². The number of hydrogen-bond donors (Lipinski definition) is 0. The third-order valence-corrected chi connectivity index (χ3v) is 3.73. The molecule has 0 saturated carbocycles. The van der Waals surface area contributed by atoms with E-state index in [0.717, 1.165) is 31.2 Å². The molecule has 2 amide bonds. The van der Waals surface area contributed by atoms with Gasteiger partial charge in [-0.3, -0.25) is 14.4 Å². The van der Waals surface area contributed by atoms with Crippen molar-refractivity contribution in [2.24, 2.45) is 0 Å². The van der Waals surface area contributed by atoms with Gasteiger partial charge in [-0.25, -0.2) is 5.06 Å². The Balaban J connectivity index is 2.39. The maximum atomic E-state index is 11.8. The fraction of sp³-hybridized carbons (Fsp3) is 0.500. The highest BCUT2D eigenvalue weighted by molar-refractivity contribution is 5.93. The summed E-state index contributed by atoms with van der Waals surface area (Å²) in [5.74, 6) is -0.0929. The van der Waals surface area contributed by atoms with E-state index in [4.69, 9.17) is 4.84 Å². The first kappa shape index (κ1) is 19.8. The van der Waals surface area contributed by atoms with Crippen LogP contribution in [-0.2, 0) is 19.2 Å². The van der Waals surface area contributed by atoms with Gasteiger partial charge in [0, 0.05) is 38.2 Å². The van der Waals surface area contributed by atoms with Crippen molar-refractivity contribution < 1.29 is 19.2 Å². The molecule has 0 aliphatic carbocycles. The Bertz CT molecular complexity index is 523. The van der Waals surface area contributed by atoms with E-state index in [1.165, 1.54) is 12.2 Å². The SMILES string of the molecule is CON(C)C(=O)CC/C=C/C=C1/C=CC(=O)N1CCCCCC=O. The predicted octanol–water partition coefficient (Wildman–Crippen LogP) is 2.38. The van der Waals surface area contributed by atoms with Gasteiger partial charge in [-0.1, -0.05) is 18.6 Å². The molecule has 0 atom stereocenters. The van der Waals surface area contributed by atoms with Crippen molar-refractivity contribution in [1.82, 2.24) is 9.96 Å². The number of amides is 2. The Morgan fingerprint density at radius 2 is 2.04 bits per heavy atom. The lowest BCUT2D eigenvalue weighted by Gasteiger charge is -2.17. The summed E-state index contributed by atoms with van der Waals surface area (Å²) in [6, 6.07) is 0. The zero-order chi connectivity index (χ0) is 17.8. The molecule has 0 unspecified atom stereocenters. The van der Waals surface area contributed by atoms with E-state index < -0.39 is 0 Å². The number of allylic oxidation sites excluding steroid dienone is 4. The first-order chi connectivity index (χ1) is 11.6. The minimum atomic E-state index is -0.0808. The molecule has 0 spiro atoms. The summed E-state index contributed by atoms with van der Waals surface area (Å²) >= 11 is 0. The van der Waals surface area contributed by atoms with Crippen LogP contribution in [0.1, 0.15) is 38.5 Å². The van der Waals surface area contributed by atoms with Gasteiger partial charge in [0.25, 0.3) is 5.91 Å². The summed E-state index contributed by atoms with van der Waals surface area (Å²) < 4.78 is 0. The first-order valence-corrected chi connectivity index (χ1v) is 8.21. The summed E-state index contributed by atoms with van der Waals surface area (Å²) in [6.45, 7) is 0.654. The smallest absolute Gasteiger partial charge is 0.251 e. The second-order valence-electron chi connectivity index (χ2n) is 5.47. The molecule has 0 bridgehead atoms. The van der Waals surface area contributed by atoms with Gasteiger partial charge in [0.15, 0.2) is 0 Å². The number of hydrogen-bond acceptors (Lipinski definition) is 4. The molecule has 24 heavy (non-hydrogen) atoms. The molecular formula is C18H26N2O4. The Morgan fingerprint density at radius 3 is 2.75 bits per heavy atom. The molecular weight excluding hydrogens is 308 g/mol. The highest BCUT2D eigenvalue weighted by Crippen LogP contribution is 2.16. The Morgan fingerprint density at radius 1 is 1.25 bits per heavy atom. The minimum absolute atomic E-state index is 0.0121. The lowest BCUT2D eigenvalue weighted by molar-refractivity contribution is -0.168. The largest absolute Gasteiger partial charge is 0.309 e. The van der Waals surface area contributed by atoms with E-state index in [1.54, 1.807) is 24.1 Å². The van der Waals surface area contributed by atoms with Crippen LogP contribution >= 0.6 is 0 Å². The molecule has 0 aromatic carbocycles. The molecule has 0 saturated heterocycles. The molecule has 6 heteroatoms. The third kappa shape index (κ3) is 6.91. The van der Waals surface area contributed by atoms with Crippen LogP contribution < -0.4 is 0 Å². The van der Waals surface area contributed by atoms with Crippen LogP contribution in [0.4, 0.5) is 0 Å². The van der Waals surface area contributed by atoms with Gasteiger partial charge in [-0.05, 0) is 31.4 Å². The highest BCUT2D eigenvalue weighted by atomic mass is 16.7. The van der Waals surface area contributed by atoms with Gasteiger partial charge in [0.1, 0.15) is 6.29 Å². The molecule has 0 aromatic heterocycles. The number of aldehydes is 1. The van der Waals surface area contributed by atoms with Gasteiger partial charge in [-0.15, -0.1) is 0 Å². The molecule has 0 fully saturated rings. The second kappa shape index (κ2) is 11.3. The lowest BCUT2D eigenvalue weighted by atomic mass is 10.2. The zero-order valence-electron chi connectivity index (χ0n) is 14.4. The fourth-order valence-corrected chi connectivity index (χ4v) is 2.25. The molecule has 132 valence electrons. The maximum Gasteiger partial charge on any atom is 0.251 e. The van der Waals surface area contributed by atoms with Crippen LogP contribution in [-0.4, -0.2) is 48.8 Å². The molecule has 0 aromatic rings. The third-order valence-electron chi connectivity index (χ3n) is 3.73. The van der Waals surface area contributed by atoms with Crippen LogP contribution in [0.25, 0.3) is 0 Å². The molecule has 6 nitrogen and oxygen atoms in total. The number of nitrogens with zero attached hydrogens (tertiary/aromatic N) is 2. The van der Waals surface area contributed by atoms with Crippen molar-refractivity contribution in [1.29, 1.82) is 0 Å². The molecule has 1 aliphatic rings. The van der Waals surface area contributed by atoms with Crippen LogP contribution in [0.2, 0.25) is 0 Å². The zero-order valence-corrected chi connectivity index (χ0v) is 14.4. The van der Waals surface area contributed by atoms with Crippen molar-refractivity contribution in [3.8, 4) is 0 Å². The molecule has 1 heterocycles. The van der Waals surface area contributed by atoms with E-state index in [9.17, 15) is 14.4 Å². The normalized spacial score (nSPS) is 15.7. The fourth-order valence-electron chi connectivity index (χ4n) is 2.25.